The summed E-state index contributed by atoms with van der Waals surface area (Å²) in [7, 11) is -3.53. The quantitative estimate of drug-likeness (QED) is 0.652. The first kappa shape index (κ1) is 23.8. The molecule has 1 spiro atoms. The number of hydrogen-bond acceptors (Lipinski definition) is 4. The van der Waals surface area contributed by atoms with E-state index in [1.54, 1.807) is 4.31 Å². The Balaban J connectivity index is 1.42. The topological polar surface area (TPSA) is 66.9 Å². The second kappa shape index (κ2) is 9.11. The van der Waals surface area contributed by atoms with Gasteiger partial charge in [0.15, 0.2) is 0 Å². The summed E-state index contributed by atoms with van der Waals surface area (Å²) in [5.74, 6) is 0.791. The van der Waals surface area contributed by atoms with Crippen LogP contribution in [-0.4, -0.2) is 56.3 Å². The molecule has 2 aromatic carbocycles. The van der Waals surface area contributed by atoms with Crippen molar-refractivity contribution < 1.29 is 17.9 Å². The maximum Gasteiger partial charge on any atom is 0.253 e. The van der Waals surface area contributed by atoms with E-state index in [2.05, 4.69) is 0 Å². The van der Waals surface area contributed by atoms with Gasteiger partial charge in [-0.15, -0.1) is 0 Å². The van der Waals surface area contributed by atoms with Gasteiger partial charge in [-0.25, -0.2) is 8.42 Å². The lowest BCUT2D eigenvalue weighted by atomic mass is 9.78. The summed E-state index contributed by atoms with van der Waals surface area (Å²) in [5.41, 5.74) is 3.31. The molecule has 2 aromatic rings. The first-order valence-corrected chi connectivity index (χ1v) is 13.2. The van der Waals surface area contributed by atoms with Crippen molar-refractivity contribution in [2.75, 3.05) is 32.8 Å². The van der Waals surface area contributed by atoms with Crippen LogP contribution in [0.1, 0.15) is 53.2 Å². The fraction of sp³-hybridized carbons (Fsp3) is 0.500. The van der Waals surface area contributed by atoms with E-state index in [4.69, 9.17) is 4.74 Å². The van der Waals surface area contributed by atoms with Crippen LogP contribution < -0.4 is 4.74 Å². The Kier molecular flexibility index (Phi) is 6.56. The molecular formula is C26H34N2O4S. The van der Waals surface area contributed by atoms with Crippen molar-refractivity contribution in [3.05, 3.63) is 58.7 Å². The van der Waals surface area contributed by atoms with Gasteiger partial charge in [-0.1, -0.05) is 17.7 Å². The fourth-order valence-corrected chi connectivity index (χ4v) is 7.40. The van der Waals surface area contributed by atoms with E-state index in [9.17, 15) is 13.2 Å². The van der Waals surface area contributed by atoms with Gasteiger partial charge in [0.1, 0.15) is 5.75 Å². The van der Waals surface area contributed by atoms with E-state index < -0.39 is 10.0 Å². The van der Waals surface area contributed by atoms with Crippen molar-refractivity contribution in [3.63, 3.8) is 0 Å². The van der Waals surface area contributed by atoms with Crippen LogP contribution in [0.15, 0.2) is 41.3 Å². The van der Waals surface area contributed by atoms with Crippen molar-refractivity contribution in [2.45, 2.75) is 51.9 Å². The summed E-state index contributed by atoms with van der Waals surface area (Å²) < 4.78 is 34.1. The Morgan fingerprint density at radius 3 is 2.12 bits per heavy atom. The summed E-state index contributed by atoms with van der Waals surface area (Å²) in [6.07, 6.45) is 2.50. The molecule has 2 aliphatic rings. The van der Waals surface area contributed by atoms with Gasteiger partial charge in [0.25, 0.3) is 5.91 Å². The van der Waals surface area contributed by atoms with Crippen LogP contribution in [0.5, 0.6) is 5.75 Å². The predicted octanol–water partition coefficient (Wildman–Crippen LogP) is 4.33. The number of hydrogen-bond donors (Lipinski definition) is 0. The van der Waals surface area contributed by atoms with Gasteiger partial charge < -0.3 is 9.64 Å². The highest BCUT2D eigenvalue weighted by atomic mass is 32.2. The van der Waals surface area contributed by atoms with Crippen LogP contribution in [0.25, 0.3) is 0 Å². The molecule has 0 bridgehead atoms. The average Bonchev–Trinajstić information content (AvgIpc) is 3.18. The van der Waals surface area contributed by atoms with Gasteiger partial charge in [0.2, 0.25) is 10.0 Å². The minimum atomic E-state index is -3.53. The van der Waals surface area contributed by atoms with E-state index in [1.807, 2.05) is 69.0 Å². The standard InChI is InChI=1S/C26H34N2O4S/c1-5-32-23-8-6-22(7-9-23)25(29)27-13-10-26(11-14-27)12-15-28(18-26)33(30,31)24-20(3)16-19(2)17-21(24)4/h6-9,16-17H,5,10-15,18H2,1-4H3. The average molecular weight is 471 g/mol. The molecule has 0 aromatic heterocycles. The zero-order valence-corrected chi connectivity index (χ0v) is 20.9. The largest absolute Gasteiger partial charge is 0.494 e. The highest BCUT2D eigenvalue weighted by Crippen LogP contribution is 2.43. The third kappa shape index (κ3) is 4.66. The number of ether oxygens (including phenoxy) is 1. The molecule has 6 nitrogen and oxygen atoms in total. The molecule has 7 heteroatoms. The number of amides is 1. The van der Waals surface area contributed by atoms with Gasteiger partial charge in [-0.2, -0.15) is 4.31 Å². The molecule has 33 heavy (non-hydrogen) atoms. The SMILES string of the molecule is CCOc1ccc(C(=O)N2CCC3(CC2)CCN(S(=O)(=O)c2c(C)cc(C)cc2C)C3)cc1. The summed E-state index contributed by atoms with van der Waals surface area (Å²) in [4.78, 5) is 15.3. The smallest absolute Gasteiger partial charge is 0.253 e. The Morgan fingerprint density at radius 1 is 0.970 bits per heavy atom. The van der Waals surface area contributed by atoms with Crippen molar-refractivity contribution >= 4 is 15.9 Å². The second-order valence-corrected chi connectivity index (χ2v) is 11.4. The first-order valence-electron chi connectivity index (χ1n) is 11.8. The molecule has 1 amide bonds. The molecule has 178 valence electrons. The number of sulfonamides is 1. The number of likely N-dealkylation sites (tertiary alicyclic amines) is 1. The lowest BCUT2D eigenvalue weighted by molar-refractivity contribution is 0.0599. The number of rotatable bonds is 5. The lowest BCUT2D eigenvalue weighted by Gasteiger charge is -2.39. The van der Waals surface area contributed by atoms with Crippen LogP contribution in [0.4, 0.5) is 0 Å². The summed E-state index contributed by atoms with van der Waals surface area (Å²) in [6, 6.07) is 11.2. The molecule has 2 heterocycles. The van der Waals surface area contributed by atoms with Crippen LogP contribution in [-0.2, 0) is 10.0 Å². The van der Waals surface area contributed by atoms with Crippen molar-refractivity contribution in [1.29, 1.82) is 0 Å². The molecule has 0 saturated carbocycles. The molecule has 0 unspecified atom stereocenters. The molecular weight excluding hydrogens is 436 g/mol. The molecule has 0 N–H and O–H groups in total. The first-order chi connectivity index (χ1) is 15.6. The molecule has 2 fully saturated rings. The van der Waals surface area contributed by atoms with Crippen LogP contribution in [0, 0.1) is 26.2 Å². The van der Waals surface area contributed by atoms with Crippen LogP contribution in [0.3, 0.4) is 0 Å². The zero-order chi connectivity index (χ0) is 23.8. The summed E-state index contributed by atoms with van der Waals surface area (Å²) in [6.45, 7) is 10.7. The number of nitrogens with zero attached hydrogens (tertiary/aromatic N) is 2. The molecule has 0 atom stereocenters. The highest BCUT2D eigenvalue weighted by Gasteiger charge is 2.45. The summed E-state index contributed by atoms with van der Waals surface area (Å²) in [5, 5.41) is 0. The summed E-state index contributed by atoms with van der Waals surface area (Å²) >= 11 is 0. The minimum Gasteiger partial charge on any atom is -0.494 e. The lowest BCUT2D eigenvalue weighted by Crippen LogP contribution is -2.44. The number of piperidine rings is 1. The van der Waals surface area contributed by atoms with Crippen molar-refractivity contribution in [2.24, 2.45) is 5.41 Å². The number of benzene rings is 2. The zero-order valence-electron chi connectivity index (χ0n) is 20.1. The molecule has 2 saturated heterocycles. The van der Waals surface area contributed by atoms with E-state index >= 15 is 0 Å². The van der Waals surface area contributed by atoms with Gasteiger partial charge in [-0.3, -0.25) is 4.79 Å². The van der Waals surface area contributed by atoms with Crippen LogP contribution in [0.2, 0.25) is 0 Å². The number of carbonyl (C=O) groups excluding carboxylic acids is 1. The molecule has 0 radical (unpaired) electrons. The van der Waals surface area contributed by atoms with Gasteiger partial charge in [0, 0.05) is 31.7 Å². The van der Waals surface area contributed by atoms with Crippen LogP contribution >= 0.6 is 0 Å². The maximum absolute atomic E-state index is 13.5. The van der Waals surface area contributed by atoms with E-state index in [0.29, 0.717) is 43.2 Å². The predicted molar refractivity (Wildman–Crippen MR) is 129 cm³/mol. The molecule has 4 rings (SSSR count). The number of carbonyl (C=O) groups is 1. The number of aryl methyl sites for hydroxylation is 3. The van der Waals surface area contributed by atoms with E-state index in [-0.39, 0.29) is 11.3 Å². The third-order valence-electron chi connectivity index (χ3n) is 7.13. The van der Waals surface area contributed by atoms with Gasteiger partial charge >= 0.3 is 0 Å². The van der Waals surface area contributed by atoms with Crippen molar-refractivity contribution in [3.8, 4) is 5.75 Å². The Labute approximate surface area is 197 Å². The minimum absolute atomic E-state index is 0.0290. The Morgan fingerprint density at radius 2 is 1.55 bits per heavy atom. The molecule has 0 aliphatic carbocycles. The molecule has 2 aliphatic heterocycles. The van der Waals surface area contributed by atoms with E-state index in [1.165, 1.54) is 0 Å². The van der Waals surface area contributed by atoms with Crippen molar-refractivity contribution in [1.82, 2.24) is 9.21 Å². The Hall–Kier alpha value is -2.38. The highest BCUT2D eigenvalue weighted by molar-refractivity contribution is 7.89. The van der Waals surface area contributed by atoms with E-state index in [0.717, 1.165) is 41.7 Å². The fourth-order valence-electron chi connectivity index (χ4n) is 5.44. The maximum atomic E-state index is 13.5. The van der Waals surface area contributed by atoms with Gasteiger partial charge in [-0.05, 0) is 87.8 Å². The third-order valence-corrected chi connectivity index (χ3v) is 9.28. The second-order valence-electron chi connectivity index (χ2n) is 9.57. The van der Waals surface area contributed by atoms with Gasteiger partial charge in [0.05, 0.1) is 11.5 Å². The Bertz CT molecular complexity index is 1110. The normalized spacial score (nSPS) is 18.6. The monoisotopic (exact) mass is 470 g/mol.